The summed E-state index contributed by atoms with van der Waals surface area (Å²) < 4.78 is 0. The molecule has 0 saturated heterocycles. The van der Waals surface area contributed by atoms with E-state index in [4.69, 9.17) is 0 Å². The summed E-state index contributed by atoms with van der Waals surface area (Å²) in [6.07, 6.45) is 5.26. The lowest BCUT2D eigenvalue weighted by molar-refractivity contribution is -0.139. The first-order valence-corrected chi connectivity index (χ1v) is 6.44. The van der Waals surface area contributed by atoms with Gasteiger partial charge >= 0.3 is 5.97 Å². The number of hydrogen-bond donors (Lipinski definition) is 1. The van der Waals surface area contributed by atoms with Crippen LogP contribution in [0.1, 0.15) is 56.1 Å². The molecule has 0 aliphatic rings. The Morgan fingerprint density at radius 1 is 1.29 bits per heavy atom. The number of rotatable bonds is 7. The Labute approximate surface area is 104 Å². The summed E-state index contributed by atoms with van der Waals surface area (Å²) in [7, 11) is 0. The third-order valence-electron chi connectivity index (χ3n) is 3.09. The van der Waals surface area contributed by atoms with E-state index < -0.39 is 5.97 Å². The summed E-state index contributed by atoms with van der Waals surface area (Å²) >= 11 is 0. The molecular formula is C15H22O2. The van der Waals surface area contributed by atoms with E-state index in [0.29, 0.717) is 0 Å². The standard InChI is InChI=1S/C15H22O2/c1-3-4-5-6-10-14(15(16)17)13-9-7-8-12(2)11-13/h7-9,11,14H,3-6,10H2,1-2H3,(H,16,17). The molecule has 2 heteroatoms. The van der Waals surface area contributed by atoms with Crippen LogP contribution in [0.4, 0.5) is 0 Å². The zero-order chi connectivity index (χ0) is 12.7. The van der Waals surface area contributed by atoms with E-state index in [1.807, 2.05) is 31.2 Å². The number of hydrogen-bond acceptors (Lipinski definition) is 1. The van der Waals surface area contributed by atoms with Crippen LogP contribution in [-0.2, 0) is 4.79 Å². The van der Waals surface area contributed by atoms with Gasteiger partial charge in [-0.3, -0.25) is 4.79 Å². The average molecular weight is 234 g/mol. The summed E-state index contributed by atoms with van der Waals surface area (Å²) in [6.45, 7) is 4.16. The molecule has 1 atom stereocenters. The summed E-state index contributed by atoms with van der Waals surface area (Å²) in [4.78, 5) is 11.3. The highest BCUT2D eigenvalue weighted by molar-refractivity contribution is 5.76. The van der Waals surface area contributed by atoms with Crippen LogP contribution >= 0.6 is 0 Å². The molecule has 1 rings (SSSR count). The van der Waals surface area contributed by atoms with E-state index in [0.717, 1.165) is 30.4 Å². The van der Waals surface area contributed by atoms with Crippen molar-refractivity contribution in [3.05, 3.63) is 35.4 Å². The van der Waals surface area contributed by atoms with Crippen molar-refractivity contribution in [2.75, 3.05) is 0 Å². The van der Waals surface area contributed by atoms with Crippen LogP contribution in [0.15, 0.2) is 24.3 Å². The Hall–Kier alpha value is -1.31. The van der Waals surface area contributed by atoms with Gasteiger partial charge in [0.1, 0.15) is 0 Å². The fraction of sp³-hybridized carbons (Fsp3) is 0.533. The Morgan fingerprint density at radius 3 is 2.65 bits per heavy atom. The van der Waals surface area contributed by atoms with Gasteiger partial charge in [-0.25, -0.2) is 0 Å². The predicted octanol–water partition coefficient (Wildman–Crippen LogP) is 4.13. The van der Waals surface area contributed by atoms with Crippen LogP contribution in [0.2, 0.25) is 0 Å². The normalized spacial score (nSPS) is 12.4. The van der Waals surface area contributed by atoms with Crippen LogP contribution in [0, 0.1) is 6.92 Å². The number of carbonyl (C=O) groups is 1. The maximum Gasteiger partial charge on any atom is 0.310 e. The van der Waals surface area contributed by atoms with Gasteiger partial charge in [-0.1, -0.05) is 62.4 Å². The third kappa shape index (κ3) is 4.59. The molecule has 2 nitrogen and oxygen atoms in total. The van der Waals surface area contributed by atoms with Crippen molar-refractivity contribution in [2.45, 2.75) is 51.9 Å². The van der Waals surface area contributed by atoms with Crippen molar-refractivity contribution in [1.82, 2.24) is 0 Å². The van der Waals surface area contributed by atoms with Gasteiger partial charge in [0.05, 0.1) is 5.92 Å². The van der Waals surface area contributed by atoms with Crippen molar-refractivity contribution in [1.29, 1.82) is 0 Å². The van der Waals surface area contributed by atoms with Gasteiger partial charge in [0.25, 0.3) is 0 Å². The molecule has 1 N–H and O–H groups in total. The van der Waals surface area contributed by atoms with Crippen LogP contribution in [0.3, 0.4) is 0 Å². The summed E-state index contributed by atoms with van der Waals surface area (Å²) in [6, 6.07) is 7.84. The second-order valence-corrected chi connectivity index (χ2v) is 4.65. The monoisotopic (exact) mass is 234 g/mol. The highest BCUT2D eigenvalue weighted by Crippen LogP contribution is 2.23. The van der Waals surface area contributed by atoms with Crippen molar-refractivity contribution < 1.29 is 9.90 Å². The van der Waals surface area contributed by atoms with Crippen molar-refractivity contribution in [2.24, 2.45) is 0 Å². The molecule has 1 aromatic rings. The second-order valence-electron chi connectivity index (χ2n) is 4.65. The minimum Gasteiger partial charge on any atom is -0.481 e. The lowest BCUT2D eigenvalue weighted by Crippen LogP contribution is -2.11. The lowest BCUT2D eigenvalue weighted by Gasteiger charge is -2.13. The molecule has 0 aliphatic heterocycles. The molecule has 0 aromatic heterocycles. The number of unbranched alkanes of at least 4 members (excludes halogenated alkanes) is 3. The van der Waals surface area contributed by atoms with Gasteiger partial charge in [0.15, 0.2) is 0 Å². The average Bonchev–Trinajstić information content (AvgIpc) is 2.28. The van der Waals surface area contributed by atoms with E-state index in [1.165, 1.54) is 12.8 Å². The predicted molar refractivity (Wildman–Crippen MR) is 70.3 cm³/mol. The Kier molecular flexibility index (Phi) is 5.75. The number of benzene rings is 1. The van der Waals surface area contributed by atoms with Gasteiger partial charge in [-0.2, -0.15) is 0 Å². The van der Waals surface area contributed by atoms with Gasteiger partial charge < -0.3 is 5.11 Å². The Morgan fingerprint density at radius 2 is 2.06 bits per heavy atom. The van der Waals surface area contributed by atoms with Gasteiger partial charge in [0.2, 0.25) is 0 Å². The second kappa shape index (κ2) is 7.10. The fourth-order valence-electron chi connectivity index (χ4n) is 2.09. The van der Waals surface area contributed by atoms with Crippen molar-refractivity contribution in [3.8, 4) is 0 Å². The minimum absolute atomic E-state index is 0.341. The molecule has 0 amide bonds. The Balaban J connectivity index is 2.63. The van der Waals surface area contributed by atoms with Gasteiger partial charge in [-0.15, -0.1) is 0 Å². The van der Waals surface area contributed by atoms with E-state index in [1.54, 1.807) is 0 Å². The van der Waals surface area contributed by atoms with Crippen molar-refractivity contribution in [3.63, 3.8) is 0 Å². The third-order valence-corrected chi connectivity index (χ3v) is 3.09. The molecule has 1 aromatic carbocycles. The molecule has 0 heterocycles. The van der Waals surface area contributed by atoms with Crippen LogP contribution < -0.4 is 0 Å². The number of carboxylic acids is 1. The first-order chi connectivity index (χ1) is 8.15. The maximum absolute atomic E-state index is 11.3. The molecule has 0 aliphatic carbocycles. The van der Waals surface area contributed by atoms with Crippen molar-refractivity contribution >= 4 is 5.97 Å². The maximum atomic E-state index is 11.3. The Bertz CT molecular complexity index is 358. The summed E-state index contributed by atoms with van der Waals surface area (Å²) in [5.41, 5.74) is 2.07. The number of aryl methyl sites for hydroxylation is 1. The first-order valence-electron chi connectivity index (χ1n) is 6.44. The molecule has 0 saturated carbocycles. The highest BCUT2D eigenvalue weighted by atomic mass is 16.4. The summed E-state index contributed by atoms with van der Waals surface area (Å²) in [5, 5.41) is 9.27. The summed E-state index contributed by atoms with van der Waals surface area (Å²) in [5.74, 6) is -1.04. The molecule has 1 unspecified atom stereocenters. The number of carboxylic acid groups (broad SMARTS) is 1. The molecule has 17 heavy (non-hydrogen) atoms. The first kappa shape index (κ1) is 13.8. The smallest absolute Gasteiger partial charge is 0.310 e. The molecule has 0 bridgehead atoms. The molecular weight excluding hydrogens is 212 g/mol. The quantitative estimate of drug-likeness (QED) is 0.720. The van der Waals surface area contributed by atoms with E-state index in [9.17, 15) is 9.90 Å². The van der Waals surface area contributed by atoms with Crippen LogP contribution in [-0.4, -0.2) is 11.1 Å². The topological polar surface area (TPSA) is 37.3 Å². The molecule has 0 fully saturated rings. The highest BCUT2D eigenvalue weighted by Gasteiger charge is 2.18. The number of aliphatic carboxylic acids is 1. The molecule has 0 spiro atoms. The van der Waals surface area contributed by atoms with E-state index in [2.05, 4.69) is 6.92 Å². The molecule has 0 radical (unpaired) electrons. The molecule has 94 valence electrons. The fourth-order valence-corrected chi connectivity index (χ4v) is 2.09. The SMILES string of the molecule is CCCCCCC(C(=O)O)c1cccc(C)c1. The van der Waals surface area contributed by atoms with E-state index >= 15 is 0 Å². The zero-order valence-electron chi connectivity index (χ0n) is 10.8. The zero-order valence-corrected chi connectivity index (χ0v) is 10.8. The minimum atomic E-state index is -0.702. The van der Waals surface area contributed by atoms with Crippen LogP contribution in [0.25, 0.3) is 0 Å². The lowest BCUT2D eigenvalue weighted by atomic mass is 9.92. The van der Waals surface area contributed by atoms with Gasteiger partial charge in [0, 0.05) is 0 Å². The van der Waals surface area contributed by atoms with E-state index in [-0.39, 0.29) is 5.92 Å². The van der Waals surface area contributed by atoms with Crippen LogP contribution in [0.5, 0.6) is 0 Å². The largest absolute Gasteiger partial charge is 0.481 e. The van der Waals surface area contributed by atoms with Gasteiger partial charge in [-0.05, 0) is 18.9 Å².